The van der Waals surface area contributed by atoms with Crippen molar-refractivity contribution in [3.8, 4) is 0 Å². The van der Waals surface area contributed by atoms with Gasteiger partial charge in [-0.1, -0.05) is 34.1 Å². The molecule has 2 nitrogen and oxygen atoms in total. The molecule has 2 rings (SSSR count). The zero-order valence-electron chi connectivity index (χ0n) is 12.4. The van der Waals surface area contributed by atoms with E-state index in [1.807, 2.05) is 18.2 Å². The summed E-state index contributed by atoms with van der Waals surface area (Å²) in [4.78, 5) is 0. The lowest BCUT2D eigenvalue weighted by atomic mass is 10.1. The van der Waals surface area contributed by atoms with Gasteiger partial charge >= 0.3 is 0 Å². The van der Waals surface area contributed by atoms with Gasteiger partial charge in [0.25, 0.3) is 0 Å². The number of thiocarbonyl (C=S) groups is 1. The molecule has 0 saturated carbocycles. The van der Waals surface area contributed by atoms with E-state index in [-0.39, 0.29) is 6.04 Å². The van der Waals surface area contributed by atoms with E-state index in [4.69, 9.17) is 12.2 Å². The summed E-state index contributed by atoms with van der Waals surface area (Å²) in [5.74, 6) is 0. The fraction of sp³-hybridized carbons (Fsp3) is 0.235. The third kappa shape index (κ3) is 4.55. The van der Waals surface area contributed by atoms with Crippen molar-refractivity contribution >= 4 is 38.9 Å². The van der Waals surface area contributed by atoms with Crippen molar-refractivity contribution < 1.29 is 0 Å². The summed E-state index contributed by atoms with van der Waals surface area (Å²) in [7, 11) is 0. The predicted molar refractivity (Wildman–Crippen MR) is 97.8 cm³/mol. The topological polar surface area (TPSA) is 24.1 Å². The van der Waals surface area contributed by atoms with E-state index >= 15 is 0 Å². The summed E-state index contributed by atoms with van der Waals surface area (Å²) >= 11 is 8.83. The molecular weight excluding hydrogens is 344 g/mol. The van der Waals surface area contributed by atoms with Gasteiger partial charge in [0, 0.05) is 10.2 Å². The van der Waals surface area contributed by atoms with Crippen molar-refractivity contribution in [2.45, 2.75) is 26.8 Å². The second-order valence-corrected chi connectivity index (χ2v) is 6.49. The van der Waals surface area contributed by atoms with Crippen LogP contribution in [0.1, 0.15) is 29.7 Å². The number of rotatable bonds is 3. The summed E-state index contributed by atoms with van der Waals surface area (Å²) in [5.41, 5.74) is 4.74. The van der Waals surface area contributed by atoms with Crippen molar-refractivity contribution in [3.63, 3.8) is 0 Å². The molecule has 2 aromatic rings. The molecule has 0 spiro atoms. The highest BCUT2D eigenvalue weighted by molar-refractivity contribution is 9.10. The molecule has 0 radical (unpaired) electrons. The average Bonchev–Trinajstić information content (AvgIpc) is 2.43. The number of benzene rings is 2. The molecule has 4 heteroatoms. The van der Waals surface area contributed by atoms with Crippen molar-refractivity contribution in [3.05, 3.63) is 63.6 Å². The van der Waals surface area contributed by atoms with Gasteiger partial charge in [0.2, 0.25) is 0 Å². The maximum Gasteiger partial charge on any atom is 0.171 e. The normalized spacial score (nSPS) is 11.8. The van der Waals surface area contributed by atoms with Crippen LogP contribution in [0.25, 0.3) is 0 Å². The first-order valence-electron chi connectivity index (χ1n) is 6.86. The van der Waals surface area contributed by atoms with Crippen LogP contribution in [-0.4, -0.2) is 5.11 Å². The molecule has 2 N–H and O–H groups in total. The van der Waals surface area contributed by atoms with Gasteiger partial charge in [0.05, 0.1) is 6.04 Å². The second kappa shape index (κ2) is 7.05. The Bertz CT molecular complexity index is 638. The van der Waals surface area contributed by atoms with Crippen LogP contribution >= 0.6 is 28.1 Å². The van der Waals surface area contributed by atoms with E-state index in [9.17, 15) is 0 Å². The third-order valence-electron chi connectivity index (χ3n) is 3.48. The molecule has 0 saturated heterocycles. The zero-order valence-corrected chi connectivity index (χ0v) is 14.8. The smallest absolute Gasteiger partial charge is 0.171 e. The molecule has 2 aromatic carbocycles. The first-order chi connectivity index (χ1) is 9.95. The van der Waals surface area contributed by atoms with E-state index in [0.29, 0.717) is 5.11 Å². The molecule has 1 atom stereocenters. The highest BCUT2D eigenvalue weighted by Crippen LogP contribution is 2.17. The van der Waals surface area contributed by atoms with E-state index in [1.165, 1.54) is 16.7 Å². The summed E-state index contributed by atoms with van der Waals surface area (Å²) in [6.45, 7) is 6.30. The van der Waals surface area contributed by atoms with Gasteiger partial charge in [0.15, 0.2) is 5.11 Å². The molecule has 1 unspecified atom stereocenters. The van der Waals surface area contributed by atoms with Crippen LogP contribution in [0, 0.1) is 13.8 Å². The van der Waals surface area contributed by atoms with E-state index in [2.05, 4.69) is 71.6 Å². The number of hydrogen-bond acceptors (Lipinski definition) is 1. The molecule has 0 heterocycles. The molecular formula is C17H19BrN2S. The Labute approximate surface area is 140 Å². The molecule has 21 heavy (non-hydrogen) atoms. The maximum absolute atomic E-state index is 5.38. The fourth-order valence-corrected chi connectivity index (χ4v) is 2.58. The van der Waals surface area contributed by atoms with Crippen LogP contribution < -0.4 is 10.6 Å². The van der Waals surface area contributed by atoms with Crippen molar-refractivity contribution in [2.75, 3.05) is 5.32 Å². The number of anilines is 1. The van der Waals surface area contributed by atoms with Crippen LogP contribution in [0.3, 0.4) is 0 Å². The van der Waals surface area contributed by atoms with Gasteiger partial charge in [-0.2, -0.15) is 0 Å². The first kappa shape index (κ1) is 16.0. The molecule has 0 aliphatic rings. The summed E-state index contributed by atoms with van der Waals surface area (Å²) < 4.78 is 1.08. The minimum absolute atomic E-state index is 0.157. The van der Waals surface area contributed by atoms with Gasteiger partial charge in [-0.25, -0.2) is 0 Å². The SMILES string of the molecule is Cc1ccc(NC(=S)NC(C)c2ccc(Br)cc2)cc1C. The summed E-state index contributed by atoms with van der Waals surface area (Å²) in [5, 5.41) is 7.17. The number of nitrogens with one attached hydrogen (secondary N) is 2. The minimum atomic E-state index is 0.157. The number of aryl methyl sites for hydroxylation is 2. The Morgan fingerprint density at radius 2 is 1.71 bits per heavy atom. The monoisotopic (exact) mass is 362 g/mol. The van der Waals surface area contributed by atoms with Crippen LogP contribution in [0.15, 0.2) is 46.9 Å². The van der Waals surface area contributed by atoms with Crippen molar-refractivity contribution in [1.82, 2.24) is 5.32 Å². The van der Waals surface area contributed by atoms with Gasteiger partial charge in [-0.15, -0.1) is 0 Å². The Morgan fingerprint density at radius 3 is 2.33 bits per heavy atom. The van der Waals surface area contributed by atoms with Crippen molar-refractivity contribution in [2.24, 2.45) is 0 Å². The van der Waals surface area contributed by atoms with Gasteiger partial charge in [-0.05, 0) is 73.9 Å². The molecule has 0 aliphatic heterocycles. The number of halogens is 1. The highest BCUT2D eigenvalue weighted by atomic mass is 79.9. The predicted octanol–water partition coefficient (Wildman–Crippen LogP) is 5.11. The third-order valence-corrected chi connectivity index (χ3v) is 4.23. The van der Waals surface area contributed by atoms with Crippen LogP contribution in [-0.2, 0) is 0 Å². The summed E-state index contributed by atoms with van der Waals surface area (Å²) in [6.07, 6.45) is 0. The van der Waals surface area contributed by atoms with Crippen LogP contribution in [0.2, 0.25) is 0 Å². The summed E-state index contributed by atoms with van der Waals surface area (Å²) in [6, 6.07) is 14.6. The van der Waals surface area contributed by atoms with E-state index in [0.717, 1.165) is 10.2 Å². The lowest BCUT2D eigenvalue weighted by molar-refractivity contribution is 0.722. The molecule has 0 fully saturated rings. The largest absolute Gasteiger partial charge is 0.356 e. The average molecular weight is 363 g/mol. The maximum atomic E-state index is 5.38. The lowest BCUT2D eigenvalue weighted by Crippen LogP contribution is -2.30. The highest BCUT2D eigenvalue weighted by Gasteiger charge is 2.07. The molecule has 0 amide bonds. The Morgan fingerprint density at radius 1 is 1.05 bits per heavy atom. The lowest BCUT2D eigenvalue weighted by Gasteiger charge is -2.18. The van der Waals surface area contributed by atoms with Gasteiger partial charge < -0.3 is 10.6 Å². The molecule has 110 valence electrons. The minimum Gasteiger partial charge on any atom is -0.356 e. The first-order valence-corrected chi connectivity index (χ1v) is 8.06. The second-order valence-electron chi connectivity index (χ2n) is 5.17. The van der Waals surface area contributed by atoms with Crippen molar-refractivity contribution in [1.29, 1.82) is 0 Å². The molecule has 0 aromatic heterocycles. The quantitative estimate of drug-likeness (QED) is 0.741. The molecule has 0 bridgehead atoms. The Kier molecular flexibility index (Phi) is 5.37. The zero-order chi connectivity index (χ0) is 15.4. The van der Waals surface area contributed by atoms with E-state index in [1.54, 1.807) is 0 Å². The Balaban J connectivity index is 1.97. The number of hydrogen-bond donors (Lipinski definition) is 2. The van der Waals surface area contributed by atoms with Gasteiger partial charge in [-0.3, -0.25) is 0 Å². The van der Waals surface area contributed by atoms with Gasteiger partial charge in [0.1, 0.15) is 0 Å². The standard InChI is InChI=1S/C17H19BrN2S/c1-11-4-9-16(10-12(11)2)20-17(21)19-13(3)14-5-7-15(18)8-6-14/h4-10,13H,1-3H3,(H2,19,20,21). The van der Waals surface area contributed by atoms with Crippen LogP contribution in [0.5, 0.6) is 0 Å². The van der Waals surface area contributed by atoms with Crippen LogP contribution in [0.4, 0.5) is 5.69 Å². The van der Waals surface area contributed by atoms with E-state index < -0.39 is 0 Å². The Hall–Kier alpha value is -1.39. The molecule has 0 aliphatic carbocycles. The fourth-order valence-electron chi connectivity index (χ4n) is 2.02.